The van der Waals surface area contributed by atoms with Crippen molar-refractivity contribution in [3.05, 3.63) is 95.6 Å². The third-order valence-electron chi connectivity index (χ3n) is 4.48. The fourth-order valence-electron chi connectivity index (χ4n) is 2.88. The minimum atomic E-state index is -0.433. The van der Waals surface area contributed by atoms with Gasteiger partial charge in [0, 0.05) is 5.69 Å². The number of hydrogen-bond acceptors (Lipinski definition) is 3. The van der Waals surface area contributed by atoms with Crippen molar-refractivity contribution >= 4 is 62.9 Å². The van der Waals surface area contributed by atoms with E-state index in [2.05, 4.69) is 81.7 Å². The molecule has 156 valence electrons. The molecule has 1 amide bonds. The van der Waals surface area contributed by atoms with Gasteiger partial charge in [-0.2, -0.15) is 5.26 Å². The molecule has 0 aliphatic heterocycles. The minimum Gasteiger partial charge on any atom is -0.487 e. The van der Waals surface area contributed by atoms with E-state index >= 15 is 0 Å². The molecule has 3 rings (SSSR count). The van der Waals surface area contributed by atoms with Crippen LogP contribution in [0, 0.1) is 32.3 Å². The van der Waals surface area contributed by atoms with E-state index < -0.39 is 5.91 Å². The fourth-order valence-corrected chi connectivity index (χ4v) is 5.00. The maximum absolute atomic E-state index is 12.5. The molecule has 0 spiro atoms. The van der Waals surface area contributed by atoms with Crippen LogP contribution in [0.4, 0.5) is 5.69 Å². The molecule has 0 bridgehead atoms. The molecule has 1 N–H and O–H groups in total. The normalized spacial score (nSPS) is 11.0. The molecular formula is C25H20I2N2O2. The first-order valence-electron chi connectivity index (χ1n) is 9.53. The maximum atomic E-state index is 12.5. The Morgan fingerprint density at radius 1 is 1.03 bits per heavy atom. The first-order chi connectivity index (χ1) is 14.9. The van der Waals surface area contributed by atoms with E-state index in [0.29, 0.717) is 12.3 Å². The van der Waals surface area contributed by atoms with Crippen LogP contribution >= 0.6 is 45.2 Å². The average Bonchev–Trinajstić information content (AvgIpc) is 2.72. The predicted octanol–water partition coefficient (Wildman–Crippen LogP) is 6.64. The first kappa shape index (κ1) is 23.3. The second kappa shape index (κ2) is 10.8. The summed E-state index contributed by atoms with van der Waals surface area (Å²) in [6.07, 6.45) is 1.60. The number of nitriles is 1. The number of aryl methyl sites for hydroxylation is 2. The van der Waals surface area contributed by atoms with Crippen molar-refractivity contribution in [3.63, 3.8) is 0 Å². The average molecular weight is 634 g/mol. The van der Waals surface area contributed by atoms with Gasteiger partial charge in [0.1, 0.15) is 24.0 Å². The molecule has 0 aliphatic rings. The topological polar surface area (TPSA) is 62.1 Å². The van der Waals surface area contributed by atoms with Crippen molar-refractivity contribution in [1.82, 2.24) is 0 Å². The van der Waals surface area contributed by atoms with Crippen LogP contribution in [0.15, 0.2) is 66.2 Å². The van der Waals surface area contributed by atoms with Crippen LogP contribution in [0.2, 0.25) is 0 Å². The number of carbonyl (C=O) groups excluding carboxylic acids is 1. The molecule has 0 saturated heterocycles. The van der Waals surface area contributed by atoms with E-state index in [1.165, 1.54) is 5.56 Å². The molecule has 0 saturated carbocycles. The number of benzene rings is 3. The van der Waals surface area contributed by atoms with Gasteiger partial charge in [0.25, 0.3) is 5.91 Å². The molecule has 31 heavy (non-hydrogen) atoms. The lowest BCUT2D eigenvalue weighted by molar-refractivity contribution is -0.112. The number of halogens is 2. The van der Waals surface area contributed by atoms with E-state index in [1.54, 1.807) is 12.1 Å². The maximum Gasteiger partial charge on any atom is 0.266 e. The molecule has 0 aliphatic carbocycles. The van der Waals surface area contributed by atoms with E-state index in [-0.39, 0.29) is 5.57 Å². The molecule has 4 nitrogen and oxygen atoms in total. The van der Waals surface area contributed by atoms with Gasteiger partial charge in [-0.3, -0.25) is 4.79 Å². The zero-order chi connectivity index (χ0) is 22.4. The Hall–Kier alpha value is -2.38. The molecule has 6 heteroatoms. The minimum absolute atomic E-state index is 0.0430. The third kappa shape index (κ3) is 6.55. The second-order valence-corrected chi connectivity index (χ2v) is 9.41. The predicted molar refractivity (Wildman–Crippen MR) is 141 cm³/mol. The van der Waals surface area contributed by atoms with E-state index in [9.17, 15) is 10.1 Å². The number of carbonyl (C=O) groups is 1. The van der Waals surface area contributed by atoms with Crippen molar-refractivity contribution < 1.29 is 9.53 Å². The summed E-state index contributed by atoms with van der Waals surface area (Å²) >= 11 is 4.43. The van der Waals surface area contributed by atoms with E-state index in [1.807, 2.05) is 43.3 Å². The number of anilines is 1. The van der Waals surface area contributed by atoms with Gasteiger partial charge >= 0.3 is 0 Å². The highest BCUT2D eigenvalue weighted by Gasteiger charge is 2.13. The van der Waals surface area contributed by atoms with Crippen LogP contribution in [0.5, 0.6) is 5.75 Å². The second-order valence-electron chi connectivity index (χ2n) is 7.08. The zero-order valence-corrected chi connectivity index (χ0v) is 21.4. The number of nitrogens with zero attached hydrogens (tertiary/aromatic N) is 1. The Balaban J connectivity index is 1.76. The zero-order valence-electron chi connectivity index (χ0n) is 17.1. The van der Waals surface area contributed by atoms with Gasteiger partial charge in [-0.15, -0.1) is 0 Å². The van der Waals surface area contributed by atoms with Gasteiger partial charge in [-0.25, -0.2) is 0 Å². The fraction of sp³-hybridized carbons (Fsp3) is 0.120. The lowest BCUT2D eigenvalue weighted by atomic mass is 10.1. The van der Waals surface area contributed by atoms with Crippen molar-refractivity contribution in [1.29, 1.82) is 5.26 Å². The summed E-state index contributed by atoms with van der Waals surface area (Å²) in [7, 11) is 0. The lowest BCUT2D eigenvalue weighted by Crippen LogP contribution is -2.13. The lowest BCUT2D eigenvalue weighted by Gasteiger charge is -2.12. The Bertz CT molecular complexity index is 1160. The van der Waals surface area contributed by atoms with Crippen LogP contribution in [-0.4, -0.2) is 5.91 Å². The largest absolute Gasteiger partial charge is 0.487 e. The summed E-state index contributed by atoms with van der Waals surface area (Å²) in [6, 6.07) is 21.5. The summed E-state index contributed by atoms with van der Waals surface area (Å²) in [5, 5.41) is 12.3. The molecule has 0 unspecified atom stereocenters. The number of hydrogen-bond donors (Lipinski definition) is 1. The van der Waals surface area contributed by atoms with Crippen LogP contribution in [0.1, 0.15) is 22.3 Å². The van der Waals surface area contributed by atoms with Gasteiger partial charge in [0.15, 0.2) is 0 Å². The number of rotatable bonds is 6. The molecule has 3 aromatic rings. The first-order valence-corrected chi connectivity index (χ1v) is 11.7. The van der Waals surface area contributed by atoms with Gasteiger partial charge in [0.2, 0.25) is 0 Å². The van der Waals surface area contributed by atoms with Crippen LogP contribution in [-0.2, 0) is 11.4 Å². The van der Waals surface area contributed by atoms with Gasteiger partial charge in [0.05, 0.1) is 7.14 Å². The Labute approximate surface area is 209 Å². The number of amides is 1. The van der Waals surface area contributed by atoms with Gasteiger partial charge in [-0.1, -0.05) is 42.0 Å². The highest BCUT2D eigenvalue weighted by molar-refractivity contribution is 14.1. The number of nitrogens with one attached hydrogen (secondary N) is 1. The third-order valence-corrected chi connectivity index (χ3v) is 6.08. The van der Waals surface area contributed by atoms with Crippen LogP contribution in [0.3, 0.4) is 0 Å². The summed E-state index contributed by atoms with van der Waals surface area (Å²) in [4.78, 5) is 12.5. The molecule has 0 fully saturated rings. The quantitative estimate of drug-likeness (QED) is 0.188. The summed E-state index contributed by atoms with van der Waals surface area (Å²) < 4.78 is 7.87. The van der Waals surface area contributed by atoms with Crippen LogP contribution < -0.4 is 10.1 Å². The summed E-state index contributed by atoms with van der Waals surface area (Å²) in [5.41, 5.74) is 4.82. The molecule has 0 radical (unpaired) electrons. The van der Waals surface area contributed by atoms with E-state index in [0.717, 1.165) is 29.6 Å². The van der Waals surface area contributed by atoms with Crippen molar-refractivity contribution in [2.45, 2.75) is 20.5 Å². The highest BCUT2D eigenvalue weighted by atomic mass is 127. The highest BCUT2D eigenvalue weighted by Crippen LogP contribution is 2.30. The Morgan fingerprint density at radius 2 is 1.71 bits per heavy atom. The molecule has 0 atom stereocenters. The molecule has 0 heterocycles. The van der Waals surface area contributed by atoms with Gasteiger partial charge < -0.3 is 10.1 Å². The Kier molecular flexibility index (Phi) is 8.09. The van der Waals surface area contributed by atoms with Crippen molar-refractivity contribution in [3.8, 4) is 11.8 Å². The standard InChI is InChI=1S/C25H20I2N2O2/c1-16-6-8-18(9-7-16)15-31-24-22(26)12-19(13-23(24)27)11-20(14-28)25(30)29-21-5-3-4-17(2)10-21/h3-13H,15H2,1-2H3,(H,29,30)/b20-11-. The van der Waals surface area contributed by atoms with Crippen molar-refractivity contribution in [2.24, 2.45) is 0 Å². The SMILES string of the molecule is Cc1ccc(COc2c(I)cc(/C=C(/C#N)C(=O)Nc3cccc(C)c3)cc2I)cc1. The number of ether oxygens (including phenoxy) is 1. The molecule has 3 aromatic carbocycles. The van der Waals surface area contributed by atoms with E-state index in [4.69, 9.17) is 4.74 Å². The smallest absolute Gasteiger partial charge is 0.266 e. The van der Waals surface area contributed by atoms with Crippen LogP contribution in [0.25, 0.3) is 6.08 Å². The molecular weight excluding hydrogens is 614 g/mol. The Morgan fingerprint density at radius 3 is 2.32 bits per heavy atom. The van der Waals surface area contributed by atoms with Gasteiger partial charge in [-0.05, 0) is 106 Å². The molecule has 0 aromatic heterocycles. The summed E-state index contributed by atoms with van der Waals surface area (Å²) in [5.74, 6) is 0.361. The van der Waals surface area contributed by atoms with Crippen molar-refractivity contribution in [2.75, 3.05) is 5.32 Å². The monoisotopic (exact) mass is 634 g/mol. The summed E-state index contributed by atoms with van der Waals surface area (Å²) in [6.45, 7) is 4.48.